The molecule has 1 aliphatic carbocycles. The Morgan fingerprint density at radius 1 is 1.24 bits per heavy atom. The van der Waals surface area contributed by atoms with Gasteiger partial charge in [0.25, 0.3) is 0 Å². The van der Waals surface area contributed by atoms with Crippen molar-refractivity contribution in [1.82, 2.24) is 4.98 Å². The summed E-state index contributed by atoms with van der Waals surface area (Å²) in [5.41, 5.74) is 2.91. The molecule has 6 rings (SSSR count). The average molecular weight is 497 g/mol. The van der Waals surface area contributed by atoms with E-state index in [0.29, 0.717) is 46.3 Å². The minimum Gasteiger partial charge on any atom is -0.394 e. The summed E-state index contributed by atoms with van der Waals surface area (Å²) in [6.45, 7) is 0.00860. The summed E-state index contributed by atoms with van der Waals surface area (Å²) < 4.78 is 12.9. The number of anilines is 2. The van der Waals surface area contributed by atoms with Crippen LogP contribution in [0.5, 0.6) is 0 Å². The number of aliphatic hydroxyl groups is 1. The molecule has 3 atom stereocenters. The molecule has 0 amide bonds. The number of nitriles is 1. The molecule has 3 fully saturated rings. The van der Waals surface area contributed by atoms with E-state index in [4.69, 9.17) is 16.6 Å². The molecule has 6 nitrogen and oxygen atoms in total. The minimum absolute atomic E-state index is 0.00860. The molecule has 2 aromatic rings. The molecule has 3 aliphatic heterocycles. The third kappa shape index (κ3) is 3.54. The van der Waals surface area contributed by atoms with Crippen molar-refractivity contribution in [3.63, 3.8) is 0 Å². The largest absolute Gasteiger partial charge is 0.394 e. The second-order valence-corrected chi connectivity index (χ2v) is 12.2. The molecule has 34 heavy (non-hydrogen) atoms. The van der Waals surface area contributed by atoms with Crippen LogP contribution in [0.15, 0.2) is 29.2 Å². The van der Waals surface area contributed by atoms with Crippen molar-refractivity contribution < 1.29 is 9.32 Å². The monoisotopic (exact) mass is 496 g/mol. The molecule has 0 spiro atoms. The number of aromatic nitrogens is 1. The first-order valence-electron chi connectivity index (χ1n) is 12.3. The van der Waals surface area contributed by atoms with Gasteiger partial charge in [-0.2, -0.15) is 5.26 Å². The number of hydrogen-bond acceptors (Lipinski definition) is 6. The number of rotatable bonds is 5. The maximum absolute atomic E-state index is 12.9. The maximum Gasteiger partial charge on any atom is 0.149 e. The summed E-state index contributed by atoms with van der Waals surface area (Å²) in [7, 11) is -1.17. The van der Waals surface area contributed by atoms with Crippen LogP contribution in [0.3, 0.4) is 0 Å². The zero-order chi connectivity index (χ0) is 23.4. The third-order valence-electron chi connectivity index (χ3n) is 8.39. The van der Waals surface area contributed by atoms with Gasteiger partial charge in [-0.25, -0.2) is 4.98 Å². The molecule has 3 unspecified atom stereocenters. The molecule has 4 aliphatic rings. The molecule has 8 heteroatoms. The fraction of sp³-hybridized carbons (Fsp3) is 0.538. The average Bonchev–Trinajstić information content (AvgIpc) is 3.31. The van der Waals surface area contributed by atoms with Crippen LogP contribution in [0, 0.1) is 11.3 Å². The van der Waals surface area contributed by atoms with E-state index in [1.54, 1.807) is 0 Å². The number of fused-ring (bicyclic) bond motifs is 3. The molecule has 1 aromatic heterocycles. The Hall–Kier alpha value is -2.14. The van der Waals surface area contributed by atoms with Crippen molar-refractivity contribution >= 4 is 33.9 Å². The van der Waals surface area contributed by atoms with E-state index in [1.165, 1.54) is 5.56 Å². The number of aryl methyl sites for hydroxylation is 1. The highest BCUT2D eigenvalue weighted by molar-refractivity contribution is 7.85. The highest BCUT2D eigenvalue weighted by Gasteiger charge is 2.45. The predicted octanol–water partition coefficient (Wildman–Crippen LogP) is 4.51. The molecule has 0 radical (unpaired) electrons. The highest BCUT2D eigenvalue weighted by atomic mass is 35.5. The SMILES string of the molecule is N#Cc1c(N2C3CCC2CC(c2ccc(Cl)cc2)C3)nc2c(c1NC1(CO)CCC1)S(=O)CC2. The van der Waals surface area contributed by atoms with Crippen molar-refractivity contribution in [2.75, 3.05) is 22.6 Å². The molecule has 1 saturated carbocycles. The molecular formula is C26H29ClN4O2S. The summed E-state index contributed by atoms with van der Waals surface area (Å²) in [4.78, 5) is 8.08. The first-order valence-corrected chi connectivity index (χ1v) is 14.0. The standard InChI is InChI=1S/C26H29ClN4O2S/c27-18-4-2-16(3-5-18)17-12-19-6-7-20(13-17)31(19)25-21(14-28)23(30-26(15-32)9-1-10-26)24-22(29-25)8-11-34(24)33/h2-5,17,19-20,32H,1,6-13,15H2,(H,29,30). The van der Waals surface area contributed by atoms with E-state index >= 15 is 0 Å². The van der Waals surface area contributed by atoms with Crippen molar-refractivity contribution in [2.45, 2.75) is 79.8 Å². The summed E-state index contributed by atoms with van der Waals surface area (Å²) >= 11 is 6.11. The van der Waals surface area contributed by atoms with Crippen molar-refractivity contribution in [2.24, 2.45) is 0 Å². The topological polar surface area (TPSA) is 89.2 Å². The van der Waals surface area contributed by atoms with E-state index < -0.39 is 16.3 Å². The van der Waals surface area contributed by atoms with Crippen molar-refractivity contribution in [3.8, 4) is 6.07 Å². The lowest BCUT2D eigenvalue weighted by Crippen LogP contribution is -2.49. The quantitative estimate of drug-likeness (QED) is 0.633. The smallest absolute Gasteiger partial charge is 0.149 e. The number of aliphatic hydroxyl groups excluding tert-OH is 1. The number of benzene rings is 1. The Morgan fingerprint density at radius 3 is 2.53 bits per heavy atom. The minimum atomic E-state index is -1.17. The molecule has 2 saturated heterocycles. The number of nitrogens with zero attached hydrogens (tertiary/aromatic N) is 3. The second-order valence-electron chi connectivity index (χ2n) is 10.3. The van der Waals surface area contributed by atoms with Gasteiger partial charge in [-0.15, -0.1) is 0 Å². The molecule has 4 heterocycles. The van der Waals surface area contributed by atoms with Crippen LogP contribution in [0.2, 0.25) is 5.02 Å². The van der Waals surface area contributed by atoms with Crippen LogP contribution in [-0.4, -0.2) is 44.3 Å². The van der Waals surface area contributed by atoms with E-state index in [1.807, 2.05) is 12.1 Å². The molecule has 2 N–H and O–H groups in total. The van der Waals surface area contributed by atoms with Gasteiger partial charge in [0.2, 0.25) is 0 Å². The second kappa shape index (κ2) is 8.51. The first kappa shape index (κ1) is 22.3. The molecule has 2 bridgehead atoms. The molecule has 1 aromatic carbocycles. The van der Waals surface area contributed by atoms with E-state index in [0.717, 1.165) is 61.5 Å². The Bertz CT molecular complexity index is 1170. The molecule has 178 valence electrons. The van der Waals surface area contributed by atoms with Gasteiger partial charge in [0.15, 0.2) is 0 Å². The third-order valence-corrected chi connectivity index (χ3v) is 10.1. The Labute approximate surface area is 207 Å². The summed E-state index contributed by atoms with van der Waals surface area (Å²) in [5.74, 6) is 1.77. The highest BCUT2D eigenvalue weighted by Crippen LogP contribution is 2.48. The predicted molar refractivity (Wildman–Crippen MR) is 134 cm³/mol. The van der Waals surface area contributed by atoms with Gasteiger partial charge in [-0.1, -0.05) is 23.7 Å². The lowest BCUT2D eigenvalue weighted by molar-refractivity contribution is 0.144. The number of pyridine rings is 1. The fourth-order valence-electron chi connectivity index (χ4n) is 6.44. The summed E-state index contributed by atoms with van der Waals surface area (Å²) in [6.07, 6.45) is 7.64. The van der Waals surface area contributed by atoms with Gasteiger partial charge < -0.3 is 15.3 Å². The Morgan fingerprint density at radius 2 is 1.94 bits per heavy atom. The number of nitrogens with one attached hydrogen (secondary N) is 1. The summed E-state index contributed by atoms with van der Waals surface area (Å²) in [5, 5.41) is 24.7. The zero-order valence-electron chi connectivity index (χ0n) is 19.1. The van der Waals surface area contributed by atoms with Gasteiger partial charge in [0, 0.05) is 29.3 Å². The van der Waals surface area contributed by atoms with Crippen LogP contribution in [-0.2, 0) is 17.2 Å². The lowest BCUT2D eigenvalue weighted by Gasteiger charge is -2.43. The number of halogens is 1. The maximum atomic E-state index is 12.9. The van der Waals surface area contributed by atoms with Gasteiger partial charge >= 0.3 is 0 Å². The van der Waals surface area contributed by atoms with Gasteiger partial charge in [-0.3, -0.25) is 4.21 Å². The molecular weight excluding hydrogens is 468 g/mol. The van der Waals surface area contributed by atoms with Crippen LogP contribution < -0.4 is 10.2 Å². The Balaban J connectivity index is 1.39. The van der Waals surface area contributed by atoms with E-state index in [2.05, 4.69) is 28.4 Å². The van der Waals surface area contributed by atoms with Gasteiger partial charge in [-0.05, 0) is 68.6 Å². The fourth-order valence-corrected chi connectivity index (χ4v) is 7.94. The van der Waals surface area contributed by atoms with Gasteiger partial charge in [0.05, 0.1) is 39.2 Å². The van der Waals surface area contributed by atoms with Crippen molar-refractivity contribution in [1.29, 1.82) is 5.26 Å². The van der Waals surface area contributed by atoms with Crippen LogP contribution in [0.4, 0.5) is 11.5 Å². The first-order chi connectivity index (χ1) is 16.5. The zero-order valence-corrected chi connectivity index (χ0v) is 20.7. The van der Waals surface area contributed by atoms with Crippen LogP contribution in [0.25, 0.3) is 0 Å². The Kier molecular flexibility index (Phi) is 5.59. The van der Waals surface area contributed by atoms with Crippen molar-refractivity contribution in [3.05, 3.63) is 46.1 Å². The summed E-state index contributed by atoms with van der Waals surface area (Å²) in [6, 6.07) is 11.3. The van der Waals surface area contributed by atoms with Crippen LogP contribution in [0.1, 0.15) is 67.7 Å². The van der Waals surface area contributed by atoms with E-state index in [-0.39, 0.29) is 6.61 Å². The van der Waals surface area contributed by atoms with Crippen LogP contribution >= 0.6 is 11.6 Å². The number of hydrogen-bond donors (Lipinski definition) is 2. The number of piperidine rings is 1. The lowest BCUT2D eigenvalue weighted by atomic mass is 9.77. The van der Waals surface area contributed by atoms with Gasteiger partial charge in [0.1, 0.15) is 17.5 Å². The normalized spacial score (nSPS) is 28.8. The van der Waals surface area contributed by atoms with E-state index in [9.17, 15) is 14.6 Å².